The van der Waals surface area contributed by atoms with Gasteiger partial charge in [0.1, 0.15) is 0 Å². The number of carbonyl (C=O) groups is 1. The van der Waals surface area contributed by atoms with Crippen molar-refractivity contribution >= 4 is 17.4 Å². The van der Waals surface area contributed by atoms with E-state index in [0.717, 1.165) is 12.8 Å². The molecule has 12 heavy (non-hydrogen) atoms. The fraction of sp³-hybridized carbons (Fsp3) is 0.500. The number of hydrogen-bond acceptors (Lipinski definition) is 1. The molecule has 0 saturated carbocycles. The van der Waals surface area contributed by atoms with Crippen LogP contribution < -0.4 is 0 Å². The van der Waals surface area contributed by atoms with Crippen molar-refractivity contribution in [1.29, 1.82) is 0 Å². The minimum absolute atomic E-state index is 0.0989. The molecule has 0 radical (unpaired) electrons. The Hall–Kier alpha value is -0.560. The van der Waals surface area contributed by atoms with Crippen LogP contribution in [0.3, 0.4) is 0 Å². The molecule has 0 saturated heterocycles. The number of rotatable bonds is 5. The Bertz CT molecular complexity index is 180. The van der Waals surface area contributed by atoms with Crippen molar-refractivity contribution in [3.8, 4) is 0 Å². The van der Waals surface area contributed by atoms with Gasteiger partial charge in [-0.25, -0.2) is 0 Å². The van der Waals surface area contributed by atoms with Crippen LogP contribution in [-0.4, -0.2) is 11.2 Å². The number of ketones is 1. The van der Waals surface area contributed by atoms with Crippen LogP contribution in [0.5, 0.6) is 0 Å². The average molecular weight is 187 g/mol. The van der Waals surface area contributed by atoms with Crippen LogP contribution in [0.2, 0.25) is 0 Å². The summed E-state index contributed by atoms with van der Waals surface area (Å²) in [5.41, 5.74) is 0. The molecular weight excluding hydrogens is 172 g/mol. The van der Waals surface area contributed by atoms with Crippen molar-refractivity contribution in [3.05, 3.63) is 24.3 Å². The van der Waals surface area contributed by atoms with Gasteiger partial charge in [-0.15, -0.1) is 11.6 Å². The van der Waals surface area contributed by atoms with E-state index in [1.54, 1.807) is 13.0 Å². The number of unbranched alkanes of at least 4 members (excludes halogenated alkanes) is 1. The molecule has 0 aliphatic heterocycles. The van der Waals surface area contributed by atoms with Gasteiger partial charge in [0, 0.05) is 5.38 Å². The van der Waals surface area contributed by atoms with E-state index in [1.807, 2.05) is 25.2 Å². The molecule has 1 nitrogen and oxygen atoms in total. The first-order valence-electron chi connectivity index (χ1n) is 4.10. The lowest BCUT2D eigenvalue weighted by Crippen LogP contribution is -1.81. The highest BCUT2D eigenvalue weighted by atomic mass is 35.5. The highest BCUT2D eigenvalue weighted by molar-refractivity contribution is 6.21. The van der Waals surface area contributed by atoms with E-state index in [2.05, 4.69) is 0 Å². The van der Waals surface area contributed by atoms with E-state index in [1.165, 1.54) is 0 Å². The Morgan fingerprint density at radius 3 is 2.50 bits per heavy atom. The molecule has 0 aromatic heterocycles. The van der Waals surface area contributed by atoms with Gasteiger partial charge in [0.15, 0.2) is 5.78 Å². The summed E-state index contributed by atoms with van der Waals surface area (Å²) in [7, 11) is 0. The molecule has 0 amide bonds. The first-order valence-corrected chi connectivity index (χ1v) is 4.54. The quantitative estimate of drug-likeness (QED) is 0.279. The molecule has 0 aliphatic carbocycles. The van der Waals surface area contributed by atoms with Crippen LogP contribution >= 0.6 is 11.6 Å². The largest absolute Gasteiger partial charge is 0.295 e. The van der Waals surface area contributed by atoms with Crippen LogP contribution in [0, 0.1) is 0 Å². The number of carbonyl (C=O) groups excluding carboxylic acids is 1. The van der Waals surface area contributed by atoms with Crippen LogP contribution in [0.15, 0.2) is 24.3 Å². The molecule has 1 atom stereocenters. The second-order valence-electron chi connectivity index (χ2n) is 2.70. The summed E-state index contributed by atoms with van der Waals surface area (Å²) in [6.45, 7) is 3.47. The highest BCUT2D eigenvalue weighted by Gasteiger charge is 1.85. The van der Waals surface area contributed by atoms with Crippen LogP contribution in [0.25, 0.3) is 0 Å². The lowest BCUT2D eigenvalue weighted by molar-refractivity contribution is -0.112. The minimum atomic E-state index is 0.0989. The smallest absolute Gasteiger partial charge is 0.152 e. The van der Waals surface area contributed by atoms with Crippen LogP contribution in [0.4, 0.5) is 0 Å². The Morgan fingerprint density at radius 2 is 2.00 bits per heavy atom. The second kappa shape index (κ2) is 7.11. The van der Waals surface area contributed by atoms with E-state index in [9.17, 15) is 4.79 Å². The van der Waals surface area contributed by atoms with Gasteiger partial charge in [0.2, 0.25) is 0 Å². The zero-order valence-electron chi connectivity index (χ0n) is 7.59. The standard InChI is InChI=1S/C10H15ClO/c1-9(11)7-5-3-4-6-8-10(2)12/h5-9H,3-4H2,1-2H3/b7-5+,8-6+. The van der Waals surface area contributed by atoms with Gasteiger partial charge in [-0.2, -0.15) is 0 Å². The summed E-state index contributed by atoms with van der Waals surface area (Å²) in [5, 5.41) is 0.0989. The molecule has 1 unspecified atom stereocenters. The van der Waals surface area contributed by atoms with Gasteiger partial charge in [0.05, 0.1) is 0 Å². The minimum Gasteiger partial charge on any atom is -0.295 e. The van der Waals surface area contributed by atoms with Crippen molar-refractivity contribution in [2.45, 2.75) is 32.1 Å². The summed E-state index contributed by atoms with van der Waals surface area (Å²) >= 11 is 5.68. The van der Waals surface area contributed by atoms with Crippen molar-refractivity contribution in [2.75, 3.05) is 0 Å². The predicted octanol–water partition coefficient (Wildman–Crippen LogP) is 3.10. The normalized spacial score (nSPS) is 14.2. The summed E-state index contributed by atoms with van der Waals surface area (Å²) < 4.78 is 0. The van der Waals surface area contributed by atoms with Crippen LogP contribution in [-0.2, 0) is 4.79 Å². The number of alkyl halides is 1. The molecule has 0 aromatic carbocycles. The highest BCUT2D eigenvalue weighted by Crippen LogP contribution is 1.98. The van der Waals surface area contributed by atoms with Crippen molar-refractivity contribution in [1.82, 2.24) is 0 Å². The first kappa shape index (κ1) is 11.4. The maximum absolute atomic E-state index is 10.5. The second-order valence-corrected chi connectivity index (χ2v) is 3.38. The van der Waals surface area contributed by atoms with Gasteiger partial charge in [-0.3, -0.25) is 4.79 Å². The zero-order chi connectivity index (χ0) is 9.40. The lowest BCUT2D eigenvalue weighted by Gasteiger charge is -1.90. The van der Waals surface area contributed by atoms with E-state index in [0.29, 0.717) is 0 Å². The third-order valence-corrected chi connectivity index (χ3v) is 1.40. The number of halogens is 1. The maximum atomic E-state index is 10.5. The molecular formula is C10H15ClO. The van der Waals surface area contributed by atoms with E-state index in [-0.39, 0.29) is 11.2 Å². The third-order valence-electron chi connectivity index (χ3n) is 1.25. The average Bonchev–Trinajstić information content (AvgIpc) is 1.95. The van der Waals surface area contributed by atoms with E-state index < -0.39 is 0 Å². The molecule has 0 aromatic rings. The Balaban J connectivity index is 3.39. The zero-order valence-corrected chi connectivity index (χ0v) is 8.34. The molecule has 0 heterocycles. The van der Waals surface area contributed by atoms with Crippen molar-refractivity contribution in [3.63, 3.8) is 0 Å². The summed E-state index contributed by atoms with van der Waals surface area (Å²) in [4.78, 5) is 10.5. The number of hydrogen-bond donors (Lipinski definition) is 0. The van der Waals surface area contributed by atoms with Gasteiger partial charge in [0.25, 0.3) is 0 Å². The Kier molecular flexibility index (Phi) is 6.78. The third kappa shape index (κ3) is 9.44. The molecule has 2 heteroatoms. The maximum Gasteiger partial charge on any atom is 0.152 e. The molecule has 0 rings (SSSR count). The summed E-state index contributed by atoms with van der Waals surface area (Å²) in [6.07, 6.45) is 9.30. The van der Waals surface area contributed by atoms with E-state index >= 15 is 0 Å². The van der Waals surface area contributed by atoms with Gasteiger partial charge < -0.3 is 0 Å². The topological polar surface area (TPSA) is 17.1 Å². The van der Waals surface area contributed by atoms with Gasteiger partial charge >= 0.3 is 0 Å². The van der Waals surface area contributed by atoms with Crippen molar-refractivity contribution < 1.29 is 4.79 Å². The fourth-order valence-electron chi connectivity index (χ4n) is 0.725. The summed E-state index contributed by atoms with van der Waals surface area (Å²) in [5.74, 6) is 0.102. The number of allylic oxidation sites excluding steroid dienone is 4. The lowest BCUT2D eigenvalue weighted by atomic mass is 10.2. The fourth-order valence-corrected chi connectivity index (χ4v) is 0.828. The first-order chi connectivity index (χ1) is 5.63. The monoisotopic (exact) mass is 186 g/mol. The Labute approximate surface area is 79.1 Å². The van der Waals surface area contributed by atoms with Gasteiger partial charge in [-0.1, -0.05) is 18.2 Å². The Morgan fingerprint density at radius 1 is 1.42 bits per heavy atom. The molecule has 0 N–H and O–H groups in total. The molecule has 0 bridgehead atoms. The summed E-state index contributed by atoms with van der Waals surface area (Å²) in [6, 6.07) is 0. The van der Waals surface area contributed by atoms with Gasteiger partial charge in [-0.05, 0) is 32.8 Å². The molecule has 68 valence electrons. The SMILES string of the molecule is CC(=O)/C=C/CC/C=C/C(C)Cl. The molecule has 0 fully saturated rings. The molecule has 0 aliphatic rings. The predicted molar refractivity (Wildman–Crippen MR) is 53.5 cm³/mol. The molecule has 0 spiro atoms. The van der Waals surface area contributed by atoms with Crippen LogP contribution in [0.1, 0.15) is 26.7 Å². The van der Waals surface area contributed by atoms with E-state index in [4.69, 9.17) is 11.6 Å². The van der Waals surface area contributed by atoms with Crippen molar-refractivity contribution in [2.24, 2.45) is 0 Å².